The summed E-state index contributed by atoms with van der Waals surface area (Å²) in [6, 6.07) is 3.77. The van der Waals surface area contributed by atoms with Gasteiger partial charge in [-0.15, -0.1) is 22.9 Å². The van der Waals surface area contributed by atoms with Gasteiger partial charge in [-0.3, -0.25) is 4.79 Å². The quantitative estimate of drug-likeness (QED) is 0.443. The van der Waals surface area contributed by atoms with Gasteiger partial charge in [0.05, 0.1) is 5.03 Å². The maximum absolute atomic E-state index is 10.6. The van der Waals surface area contributed by atoms with Crippen molar-refractivity contribution in [3.05, 3.63) is 28.0 Å². The van der Waals surface area contributed by atoms with E-state index in [4.69, 9.17) is 23.2 Å². The van der Waals surface area contributed by atoms with Crippen molar-refractivity contribution < 1.29 is 4.79 Å². The van der Waals surface area contributed by atoms with E-state index in [1.807, 2.05) is 17.5 Å². The molecule has 70 valence electrons. The fourth-order valence-corrected chi connectivity index (χ4v) is 2.12. The van der Waals surface area contributed by atoms with E-state index in [2.05, 4.69) is 0 Å². The Hall–Kier alpha value is -0.310. The summed E-state index contributed by atoms with van der Waals surface area (Å²) in [6.45, 7) is 0. The maximum atomic E-state index is 10.6. The largest absolute Gasteiger partial charge is 0.298 e. The molecule has 1 aromatic heterocycles. The van der Waals surface area contributed by atoms with Crippen molar-refractivity contribution in [3.8, 4) is 0 Å². The van der Waals surface area contributed by atoms with Gasteiger partial charge in [0.1, 0.15) is 6.29 Å². The molecule has 13 heavy (non-hydrogen) atoms. The molecule has 1 aromatic rings. The Morgan fingerprint density at radius 2 is 2.38 bits per heavy atom. The highest BCUT2D eigenvalue weighted by molar-refractivity contribution is 7.12. The Kier molecular flexibility index (Phi) is 4.50. The zero-order chi connectivity index (χ0) is 9.68. The number of aldehydes is 1. The minimum atomic E-state index is 0.412. The molecule has 0 spiro atoms. The van der Waals surface area contributed by atoms with Crippen LogP contribution in [0.3, 0.4) is 0 Å². The SMILES string of the molecule is O=C/C(CCCl)=C(/Cl)c1cccs1. The van der Waals surface area contributed by atoms with E-state index in [9.17, 15) is 4.79 Å². The van der Waals surface area contributed by atoms with Gasteiger partial charge >= 0.3 is 0 Å². The average Bonchev–Trinajstić information content (AvgIpc) is 2.65. The number of hydrogen-bond acceptors (Lipinski definition) is 2. The molecular weight excluding hydrogens is 227 g/mol. The molecule has 0 saturated carbocycles. The summed E-state index contributed by atoms with van der Waals surface area (Å²) < 4.78 is 0. The number of carbonyl (C=O) groups is 1. The standard InChI is InChI=1S/C9H8Cl2OS/c10-4-3-7(6-12)9(11)8-2-1-5-13-8/h1-2,5-6H,3-4H2/b9-7+. The molecule has 0 bridgehead atoms. The molecule has 0 radical (unpaired) electrons. The van der Waals surface area contributed by atoms with E-state index in [-0.39, 0.29) is 0 Å². The fourth-order valence-electron chi connectivity index (χ4n) is 0.884. The molecule has 0 N–H and O–H groups in total. The second kappa shape index (κ2) is 5.43. The van der Waals surface area contributed by atoms with E-state index in [0.29, 0.717) is 22.9 Å². The van der Waals surface area contributed by atoms with Crippen LogP contribution in [0.5, 0.6) is 0 Å². The van der Waals surface area contributed by atoms with E-state index in [0.717, 1.165) is 11.2 Å². The van der Waals surface area contributed by atoms with Crippen molar-refractivity contribution in [2.24, 2.45) is 0 Å². The molecule has 0 aromatic carbocycles. The number of halogens is 2. The molecule has 1 nitrogen and oxygen atoms in total. The van der Waals surface area contributed by atoms with Gasteiger partial charge in [0.2, 0.25) is 0 Å². The zero-order valence-electron chi connectivity index (χ0n) is 6.80. The number of thiophene rings is 1. The number of allylic oxidation sites excluding steroid dienone is 1. The molecule has 0 unspecified atom stereocenters. The molecule has 0 amide bonds. The number of hydrogen-bond donors (Lipinski definition) is 0. The topological polar surface area (TPSA) is 17.1 Å². The Morgan fingerprint density at radius 1 is 1.62 bits per heavy atom. The predicted molar refractivity (Wildman–Crippen MR) is 58.5 cm³/mol. The third-order valence-corrected chi connectivity index (χ3v) is 3.16. The van der Waals surface area contributed by atoms with Gasteiger partial charge in [0, 0.05) is 16.3 Å². The molecule has 1 rings (SSSR count). The average molecular weight is 235 g/mol. The number of carbonyl (C=O) groups excluding carboxylic acids is 1. The Labute approximate surface area is 91.0 Å². The lowest BCUT2D eigenvalue weighted by Crippen LogP contribution is -1.88. The second-order valence-electron chi connectivity index (χ2n) is 2.37. The minimum Gasteiger partial charge on any atom is -0.298 e. The highest BCUT2D eigenvalue weighted by Gasteiger charge is 2.06. The number of rotatable bonds is 4. The lowest BCUT2D eigenvalue weighted by molar-refractivity contribution is -0.104. The van der Waals surface area contributed by atoms with E-state index < -0.39 is 0 Å². The highest BCUT2D eigenvalue weighted by Crippen LogP contribution is 2.27. The van der Waals surface area contributed by atoms with Crippen LogP contribution in [0.15, 0.2) is 23.1 Å². The second-order valence-corrected chi connectivity index (χ2v) is 4.08. The van der Waals surface area contributed by atoms with Crippen LogP contribution in [0, 0.1) is 0 Å². The van der Waals surface area contributed by atoms with Gasteiger partial charge < -0.3 is 0 Å². The van der Waals surface area contributed by atoms with Gasteiger partial charge in [-0.25, -0.2) is 0 Å². The van der Waals surface area contributed by atoms with Crippen molar-refractivity contribution in [1.29, 1.82) is 0 Å². The highest BCUT2D eigenvalue weighted by atomic mass is 35.5. The first-order valence-electron chi connectivity index (χ1n) is 3.73. The molecule has 4 heteroatoms. The lowest BCUT2D eigenvalue weighted by Gasteiger charge is -1.99. The molecule has 0 aliphatic rings. The molecule has 0 saturated heterocycles. The van der Waals surface area contributed by atoms with Crippen molar-refractivity contribution >= 4 is 45.9 Å². The van der Waals surface area contributed by atoms with Crippen LogP contribution >= 0.6 is 34.5 Å². The molecule has 0 aliphatic carbocycles. The third kappa shape index (κ3) is 2.83. The summed E-state index contributed by atoms with van der Waals surface area (Å²) in [5.41, 5.74) is 0.569. The first-order chi connectivity index (χ1) is 6.29. The normalized spacial score (nSPS) is 12.5. The van der Waals surface area contributed by atoms with E-state index >= 15 is 0 Å². The van der Waals surface area contributed by atoms with Crippen molar-refractivity contribution in [3.63, 3.8) is 0 Å². The number of alkyl halides is 1. The summed E-state index contributed by atoms with van der Waals surface area (Å²) in [5, 5.41) is 2.44. The van der Waals surface area contributed by atoms with Crippen molar-refractivity contribution in [1.82, 2.24) is 0 Å². The summed E-state index contributed by atoms with van der Waals surface area (Å²) in [6.07, 6.45) is 1.28. The smallest absolute Gasteiger partial charge is 0.147 e. The van der Waals surface area contributed by atoms with Gasteiger partial charge in [0.15, 0.2) is 0 Å². The Balaban J connectivity index is 2.94. The first-order valence-corrected chi connectivity index (χ1v) is 5.52. The van der Waals surface area contributed by atoms with Crippen LogP contribution in [0.4, 0.5) is 0 Å². The van der Waals surface area contributed by atoms with Gasteiger partial charge in [0.25, 0.3) is 0 Å². The molecule has 0 atom stereocenters. The van der Waals surface area contributed by atoms with Crippen molar-refractivity contribution in [2.75, 3.05) is 5.88 Å². The maximum Gasteiger partial charge on any atom is 0.147 e. The van der Waals surface area contributed by atoms with E-state index in [1.54, 1.807) is 0 Å². The Bertz CT molecular complexity index is 303. The summed E-state index contributed by atoms with van der Waals surface area (Å²) in [4.78, 5) is 11.5. The van der Waals surface area contributed by atoms with Crippen LogP contribution in [0.25, 0.3) is 5.03 Å². The summed E-state index contributed by atoms with van der Waals surface area (Å²) in [7, 11) is 0. The first kappa shape index (κ1) is 10.8. The molecular formula is C9H8Cl2OS. The van der Waals surface area contributed by atoms with Crippen LogP contribution in [-0.2, 0) is 4.79 Å². The summed E-state index contributed by atoms with van der Waals surface area (Å²) >= 11 is 13.0. The van der Waals surface area contributed by atoms with Crippen LogP contribution in [0.1, 0.15) is 11.3 Å². The Morgan fingerprint density at radius 3 is 2.85 bits per heavy atom. The lowest BCUT2D eigenvalue weighted by atomic mass is 10.2. The van der Waals surface area contributed by atoms with Crippen LogP contribution in [0.2, 0.25) is 0 Å². The van der Waals surface area contributed by atoms with E-state index in [1.165, 1.54) is 11.3 Å². The monoisotopic (exact) mass is 234 g/mol. The zero-order valence-corrected chi connectivity index (χ0v) is 9.12. The fraction of sp³-hybridized carbons (Fsp3) is 0.222. The van der Waals surface area contributed by atoms with Crippen LogP contribution in [-0.4, -0.2) is 12.2 Å². The minimum absolute atomic E-state index is 0.412. The summed E-state index contributed by atoms with van der Waals surface area (Å²) in [5.74, 6) is 0.412. The van der Waals surface area contributed by atoms with Crippen molar-refractivity contribution in [2.45, 2.75) is 6.42 Å². The van der Waals surface area contributed by atoms with Gasteiger partial charge in [-0.1, -0.05) is 17.7 Å². The van der Waals surface area contributed by atoms with Gasteiger partial charge in [-0.2, -0.15) is 0 Å². The molecule has 0 aliphatic heterocycles. The van der Waals surface area contributed by atoms with Crippen LogP contribution < -0.4 is 0 Å². The molecule has 1 heterocycles. The third-order valence-electron chi connectivity index (χ3n) is 1.53. The van der Waals surface area contributed by atoms with Gasteiger partial charge in [-0.05, 0) is 17.9 Å². The molecule has 0 fully saturated rings. The predicted octanol–water partition coefficient (Wildman–Crippen LogP) is 3.53.